The molecule has 1 fully saturated rings. The van der Waals surface area contributed by atoms with Gasteiger partial charge in [-0.1, -0.05) is 18.2 Å². The van der Waals surface area contributed by atoms with Gasteiger partial charge in [0.2, 0.25) is 0 Å². The van der Waals surface area contributed by atoms with Gasteiger partial charge in [-0.2, -0.15) is 0 Å². The minimum Gasteiger partial charge on any atom is -0.377 e. The summed E-state index contributed by atoms with van der Waals surface area (Å²) in [7, 11) is 0. The van der Waals surface area contributed by atoms with Crippen LogP contribution < -0.4 is 0 Å². The van der Waals surface area contributed by atoms with E-state index >= 15 is 0 Å². The molecule has 0 saturated carbocycles. The first-order valence-corrected chi connectivity index (χ1v) is 6.60. The fourth-order valence-corrected chi connectivity index (χ4v) is 3.01. The van der Waals surface area contributed by atoms with Crippen LogP contribution in [0.1, 0.15) is 30.1 Å². The average Bonchev–Trinajstić information content (AvgIpc) is 2.79. The predicted octanol–water partition coefficient (Wildman–Crippen LogP) is 3.16. The van der Waals surface area contributed by atoms with Gasteiger partial charge >= 0.3 is 0 Å². The van der Waals surface area contributed by atoms with Gasteiger partial charge < -0.3 is 4.74 Å². The highest BCUT2D eigenvalue weighted by molar-refractivity contribution is 7.99. The quantitative estimate of drug-likeness (QED) is 0.593. The minimum atomic E-state index is 0.135. The van der Waals surface area contributed by atoms with Gasteiger partial charge in [0.15, 0.2) is 5.78 Å². The Kier molecular flexibility index (Phi) is 4.02. The Morgan fingerprint density at radius 2 is 2.31 bits per heavy atom. The summed E-state index contributed by atoms with van der Waals surface area (Å²) in [6.07, 6.45) is 2.68. The number of Topliss-reactive ketones (excluding diaryl/α,β-unsaturated/α-hetero) is 1. The highest BCUT2D eigenvalue weighted by Gasteiger charge is 2.16. The van der Waals surface area contributed by atoms with Crippen molar-refractivity contribution >= 4 is 17.5 Å². The van der Waals surface area contributed by atoms with Crippen molar-refractivity contribution in [3.05, 3.63) is 29.8 Å². The summed E-state index contributed by atoms with van der Waals surface area (Å²) in [6.45, 7) is 2.51. The normalized spacial score (nSPS) is 19.9. The van der Waals surface area contributed by atoms with Crippen LogP contribution >= 0.6 is 11.8 Å². The van der Waals surface area contributed by atoms with E-state index in [1.54, 1.807) is 18.7 Å². The summed E-state index contributed by atoms with van der Waals surface area (Å²) in [4.78, 5) is 12.5. The zero-order chi connectivity index (χ0) is 11.4. The van der Waals surface area contributed by atoms with Gasteiger partial charge in [0.1, 0.15) is 0 Å². The SMILES string of the molecule is CC(=O)c1ccccc1SCC1CCCO1. The van der Waals surface area contributed by atoms with Crippen LogP contribution in [0.2, 0.25) is 0 Å². The molecule has 2 rings (SSSR count). The number of thioether (sulfide) groups is 1. The van der Waals surface area contributed by atoms with E-state index in [1.165, 1.54) is 6.42 Å². The Morgan fingerprint density at radius 3 is 3.00 bits per heavy atom. The molecule has 1 aliphatic rings. The van der Waals surface area contributed by atoms with Crippen LogP contribution in [-0.4, -0.2) is 24.2 Å². The summed E-state index contributed by atoms with van der Waals surface area (Å²) < 4.78 is 5.57. The highest BCUT2D eigenvalue weighted by atomic mass is 32.2. The Labute approximate surface area is 100 Å². The van der Waals surface area contributed by atoms with Crippen LogP contribution in [0.25, 0.3) is 0 Å². The van der Waals surface area contributed by atoms with Crippen molar-refractivity contribution in [3.8, 4) is 0 Å². The molecule has 1 heterocycles. The number of ether oxygens (including phenoxy) is 1. The lowest BCUT2D eigenvalue weighted by molar-refractivity contribution is 0.101. The number of carbonyl (C=O) groups excluding carboxylic acids is 1. The second kappa shape index (κ2) is 5.51. The lowest BCUT2D eigenvalue weighted by Gasteiger charge is -2.10. The number of carbonyl (C=O) groups is 1. The molecular formula is C13H16O2S. The minimum absolute atomic E-state index is 0.135. The Balaban J connectivity index is 2.00. The molecule has 1 atom stereocenters. The number of benzene rings is 1. The van der Waals surface area contributed by atoms with E-state index in [9.17, 15) is 4.79 Å². The molecule has 0 bridgehead atoms. The first-order chi connectivity index (χ1) is 7.77. The molecule has 0 aliphatic carbocycles. The first kappa shape index (κ1) is 11.7. The maximum atomic E-state index is 11.4. The van der Waals surface area contributed by atoms with E-state index in [-0.39, 0.29) is 5.78 Å². The fraction of sp³-hybridized carbons (Fsp3) is 0.462. The first-order valence-electron chi connectivity index (χ1n) is 5.62. The maximum absolute atomic E-state index is 11.4. The molecule has 0 spiro atoms. The molecule has 2 nitrogen and oxygen atoms in total. The van der Waals surface area contributed by atoms with E-state index in [2.05, 4.69) is 0 Å². The van der Waals surface area contributed by atoms with Crippen molar-refractivity contribution in [2.75, 3.05) is 12.4 Å². The standard InChI is InChI=1S/C13H16O2S/c1-10(14)12-6-2-3-7-13(12)16-9-11-5-4-8-15-11/h2-3,6-7,11H,4-5,8-9H2,1H3. The topological polar surface area (TPSA) is 26.3 Å². The molecule has 86 valence electrons. The van der Waals surface area contributed by atoms with Crippen molar-refractivity contribution in [2.45, 2.75) is 30.8 Å². The van der Waals surface area contributed by atoms with Crippen molar-refractivity contribution in [2.24, 2.45) is 0 Å². The third-order valence-corrected chi connectivity index (χ3v) is 3.92. The Morgan fingerprint density at radius 1 is 1.50 bits per heavy atom. The summed E-state index contributed by atoms with van der Waals surface area (Å²) >= 11 is 1.73. The molecule has 0 amide bonds. The lowest BCUT2D eigenvalue weighted by Crippen LogP contribution is -2.08. The second-order valence-electron chi connectivity index (χ2n) is 4.00. The van der Waals surface area contributed by atoms with E-state index < -0.39 is 0 Å². The molecule has 16 heavy (non-hydrogen) atoms. The number of hydrogen-bond donors (Lipinski definition) is 0. The third kappa shape index (κ3) is 2.86. The summed E-state index contributed by atoms with van der Waals surface area (Å²) in [5, 5.41) is 0. The molecule has 0 radical (unpaired) electrons. The molecule has 1 unspecified atom stereocenters. The predicted molar refractivity (Wildman–Crippen MR) is 66.1 cm³/mol. The van der Waals surface area contributed by atoms with E-state index in [4.69, 9.17) is 4.74 Å². The van der Waals surface area contributed by atoms with Gasteiger partial charge in [-0.05, 0) is 25.8 Å². The van der Waals surface area contributed by atoms with Crippen LogP contribution in [0.5, 0.6) is 0 Å². The summed E-state index contributed by atoms with van der Waals surface area (Å²) in [5.41, 5.74) is 0.825. The number of rotatable bonds is 4. The van der Waals surface area contributed by atoms with E-state index in [0.29, 0.717) is 6.10 Å². The van der Waals surface area contributed by atoms with E-state index in [0.717, 1.165) is 29.2 Å². The van der Waals surface area contributed by atoms with Gasteiger partial charge in [-0.3, -0.25) is 4.79 Å². The molecule has 1 aromatic rings. The van der Waals surface area contributed by atoms with E-state index in [1.807, 2.05) is 24.3 Å². The van der Waals surface area contributed by atoms with Gasteiger partial charge in [0, 0.05) is 22.8 Å². The molecule has 1 aliphatic heterocycles. The number of ketones is 1. The summed E-state index contributed by atoms with van der Waals surface area (Å²) in [6, 6.07) is 7.79. The van der Waals surface area contributed by atoms with Crippen LogP contribution in [-0.2, 0) is 4.74 Å². The maximum Gasteiger partial charge on any atom is 0.160 e. The Hall–Kier alpha value is -0.800. The zero-order valence-corrected chi connectivity index (χ0v) is 10.3. The van der Waals surface area contributed by atoms with Crippen molar-refractivity contribution in [1.82, 2.24) is 0 Å². The van der Waals surface area contributed by atoms with Gasteiger partial charge in [0.05, 0.1) is 6.10 Å². The molecule has 1 saturated heterocycles. The molecule has 3 heteroatoms. The molecule has 0 aromatic heterocycles. The number of hydrogen-bond acceptors (Lipinski definition) is 3. The molecule has 0 N–H and O–H groups in total. The zero-order valence-electron chi connectivity index (χ0n) is 9.44. The molecular weight excluding hydrogens is 220 g/mol. The van der Waals surface area contributed by atoms with Crippen LogP contribution in [0, 0.1) is 0 Å². The van der Waals surface area contributed by atoms with Gasteiger partial charge in [-0.25, -0.2) is 0 Å². The van der Waals surface area contributed by atoms with Crippen molar-refractivity contribution in [3.63, 3.8) is 0 Å². The third-order valence-electron chi connectivity index (χ3n) is 2.72. The second-order valence-corrected chi connectivity index (χ2v) is 5.06. The van der Waals surface area contributed by atoms with Gasteiger partial charge in [-0.15, -0.1) is 11.8 Å². The van der Waals surface area contributed by atoms with Crippen LogP contribution in [0.15, 0.2) is 29.2 Å². The Bertz CT molecular complexity index is 370. The molecule has 1 aromatic carbocycles. The largest absolute Gasteiger partial charge is 0.377 e. The van der Waals surface area contributed by atoms with Crippen LogP contribution in [0.3, 0.4) is 0 Å². The summed E-state index contributed by atoms with van der Waals surface area (Å²) in [5.74, 6) is 1.08. The fourth-order valence-electron chi connectivity index (χ4n) is 1.84. The average molecular weight is 236 g/mol. The highest BCUT2D eigenvalue weighted by Crippen LogP contribution is 2.26. The van der Waals surface area contributed by atoms with Crippen LogP contribution in [0.4, 0.5) is 0 Å². The smallest absolute Gasteiger partial charge is 0.160 e. The van der Waals surface area contributed by atoms with Gasteiger partial charge in [0.25, 0.3) is 0 Å². The van der Waals surface area contributed by atoms with Crippen molar-refractivity contribution < 1.29 is 9.53 Å². The lowest BCUT2D eigenvalue weighted by atomic mass is 10.1. The van der Waals surface area contributed by atoms with Crippen molar-refractivity contribution in [1.29, 1.82) is 0 Å². The monoisotopic (exact) mass is 236 g/mol.